The summed E-state index contributed by atoms with van der Waals surface area (Å²) in [4.78, 5) is 8.52. The van der Waals surface area contributed by atoms with Crippen LogP contribution < -0.4 is 26.7 Å². The lowest BCUT2D eigenvalue weighted by atomic mass is 9.43. The van der Waals surface area contributed by atoms with E-state index in [0.717, 1.165) is 89.4 Å². The first-order chi connectivity index (χ1) is 22.8. The normalized spacial score (nSPS) is 20.4. The number of nitrogens with one attached hydrogen (secondary N) is 3. The number of rotatable bonds is 12. The van der Waals surface area contributed by atoms with Gasteiger partial charge in [0.1, 0.15) is 0 Å². The lowest BCUT2D eigenvalue weighted by Crippen LogP contribution is -2.45. The molecule has 2 saturated heterocycles. The summed E-state index contributed by atoms with van der Waals surface area (Å²) in [5.41, 5.74) is 7.97. The zero-order valence-electron chi connectivity index (χ0n) is 29.1. The Bertz CT molecular complexity index is 1750. The Morgan fingerprint density at radius 3 is 2.32 bits per heavy atom. The van der Waals surface area contributed by atoms with Crippen LogP contribution in [0.5, 0.6) is 0 Å². The van der Waals surface area contributed by atoms with Crippen LogP contribution in [0, 0.1) is 17.8 Å². The first kappa shape index (κ1) is 33.2. The van der Waals surface area contributed by atoms with Gasteiger partial charge in [-0.1, -0.05) is 114 Å². The SMILES string of the molecule is C=C(CN1CCN(C)CC1)Nc1ccc(N/C(c2ccccc2)=c2\c(=C)[nH]c3cc(B4CC(CCC)C(C(C)CC)C4)ccc23)cc1. The summed E-state index contributed by atoms with van der Waals surface area (Å²) < 4.78 is 0. The van der Waals surface area contributed by atoms with Crippen molar-refractivity contribution in [2.75, 3.05) is 50.4 Å². The summed E-state index contributed by atoms with van der Waals surface area (Å²) >= 11 is 0. The van der Waals surface area contributed by atoms with E-state index in [9.17, 15) is 0 Å². The van der Waals surface area contributed by atoms with Crippen molar-refractivity contribution in [1.29, 1.82) is 0 Å². The highest BCUT2D eigenvalue weighted by Gasteiger charge is 2.38. The Hall–Kier alpha value is -3.74. The second-order valence-corrected chi connectivity index (χ2v) is 14.3. The standard InChI is InChI=1S/C41H54BN5/c1-7-12-33-26-42(27-38(33)29(3)8-2)34-15-20-37-39(25-34)44-31(5)40(37)41(32-13-10-9-11-14-32)45-36-18-16-35(17-19-36)43-30(4)28-47-23-21-46(6)22-24-47/h9-11,13-20,25,29,33,38,43-45H,4-5,7-8,12,21-24,26-28H2,1-3,6H3/b41-40+. The summed E-state index contributed by atoms with van der Waals surface area (Å²) in [5.74, 6) is 2.47. The van der Waals surface area contributed by atoms with Gasteiger partial charge in [0.25, 0.3) is 0 Å². The molecule has 2 fully saturated rings. The molecule has 3 aromatic carbocycles. The molecule has 3 atom stereocenters. The molecular weight excluding hydrogens is 573 g/mol. The molecule has 3 heterocycles. The van der Waals surface area contributed by atoms with Crippen molar-refractivity contribution >= 4 is 46.7 Å². The monoisotopic (exact) mass is 627 g/mol. The van der Waals surface area contributed by atoms with Crippen molar-refractivity contribution in [3.8, 4) is 0 Å². The molecule has 0 radical (unpaired) electrons. The molecule has 1 aromatic heterocycles. The topological polar surface area (TPSA) is 46.3 Å². The maximum absolute atomic E-state index is 4.51. The second-order valence-electron chi connectivity index (χ2n) is 14.3. The van der Waals surface area contributed by atoms with Crippen molar-refractivity contribution in [2.45, 2.75) is 52.7 Å². The minimum atomic E-state index is 0.635. The van der Waals surface area contributed by atoms with E-state index in [1.54, 1.807) is 0 Å². The number of aromatic amines is 1. The number of aromatic nitrogens is 1. The largest absolute Gasteiger partial charge is 0.358 e. The zero-order chi connectivity index (χ0) is 32.9. The van der Waals surface area contributed by atoms with Crippen LogP contribution in [0.4, 0.5) is 11.4 Å². The molecule has 0 amide bonds. The predicted octanol–water partition coefficient (Wildman–Crippen LogP) is 6.81. The second kappa shape index (κ2) is 15.0. The van der Waals surface area contributed by atoms with Gasteiger partial charge in [-0.05, 0) is 60.7 Å². The molecule has 47 heavy (non-hydrogen) atoms. The summed E-state index contributed by atoms with van der Waals surface area (Å²) in [6.07, 6.45) is 6.54. The molecule has 0 aliphatic carbocycles. The fourth-order valence-corrected chi connectivity index (χ4v) is 8.13. The Balaban J connectivity index is 1.26. The highest BCUT2D eigenvalue weighted by atomic mass is 15.2. The van der Waals surface area contributed by atoms with Crippen LogP contribution in [0.3, 0.4) is 0 Å². The van der Waals surface area contributed by atoms with Crippen LogP contribution in [-0.2, 0) is 0 Å². The van der Waals surface area contributed by atoms with Crippen LogP contribution in [0.2, 0.25) is 12.6 Å². The van der Waals surface area contributed by atoms with E-state index >= 15 is 0 Å². The van der Waals surface area contributed by atoms with E-state index in [0.29, 0.717) is 6.71 Å². The van der Waals surface area contributed by atoms with E-state index in [2.05, 4.69) is 139 Å². The molecule has 5 nitrogen and oxygen atoms in total. The fourth-order valence-electron chi connectivity index (χ4n) is 8.13. The van der Waals surface area contributed by atoms with Crippen molar-refractivity contribution in [3.63, 3.8) is 0 Å². The highest BCUT2D eigenvalue weighted by molar-refractivity contribution is 6.74. The van der Waals surface area contributed by atoms with Gasteiger partial charge in [0.2, 0.25) is 0 Å². The minimum Gasteiger partial charge on any atom is -0.358 e. The van der Waals surface area contributed by atoms with Crippen molar-refractivity contribution in [1.82, 2.24) is 14.8 Å². The van der Waals surface area contributed by atoms with E-state index in [4.69, 9.17) is 0 Å². The first-order valence-electron chi connectivity index (χ1n) is 18.0. The van der Waals surface area contributed by atoms with Crippen molar-refractivity contribution in [2.24, 2.45) is 17.8 Å². The molecule has 3 unspecified atom stereocenters. The van der Waals surface area contributed by atoms with Gasteiger partial charge in [0.15, 0.2) is 6.71 Å². The maximum atomic E-state index is 4.51. The third-order valence-electron chi connectivity index (χ3n) is 11.0. The van der Waals surface area contributed by atoms with Gasteiger partial charge < -0.3 is 20.5 Å². The molecule has 0 bridgehead atoms. The molecule has 0 spiro atoms. The number of hydrogen-bond donors (Lipinski definition) is 3. The lowest BCUT2D eigenvalue weighted by molar-refractivity contribution is 0.164. The molecule has 3 N–H and O–H groups in total. The summed E-state index contributed by atoms with van der Waals surface area (Å²) in [6.45, 7) is 21.9. The van der Waals surface area contributed by atoms with Gasteiger partial charge in [0.05, 0.1) is 5.70 Å². The summed E-state index contributed by atoms with van der Waals surface area (Å²) in [7, 11) is 2.19. The fraction of sp³-hybridized carbons (Fsp3) is 0.415. The molecular formula is C41H54BN5. The maximum Gasteiger partial charge on any atom is 0.176 e. The van der Waals surface area contributed by atoms with Gasteiger partial charge in [0, 0.05) is 71.3 Å². The van der Waals surface area contributed by atoms with E-state index < -0.39 is 0 Å². The summed E-state index contributed by atoms with van der Waals surface area (Å²) in [5, 5.41) is 10.6. The highest BCUT2D eigenvalue weighted by Crippen LogP contribution is 2.41. The number of piperazine rings is 1. The Labute approximate surface area is 282 Å². The van der Waals surface area contributed by atoms with Gasteiger partial charge in [-0.2, -0.15) is 0 Å². The Morgan fingerprint density at radius 1 is 0.936 bits per heavy atom. The van der Waals surface area contributed by atoms with Gasteiger partial charge in [-0.25, -0.2) is 0 Å². The van der Waals surface area contributed by atoms with Gasteiger partial charge in [-0.15, -0.1) is 0 Å². The van der Waals surface area contributed by atoms with Crippen molar-refractivity contribution in [3.05, 3.63) is 101 Å². The molecule has 6 rings (SSSR count). The summed E-state index contributed by atoms with van der Waals surface area (Å²) in [6, 6.07) is 26.3. The van der Waals surface area contributed by atoms with E-state index in [1.165, 1.54) is 48.3 Å². The molecule has 246 valence electrons. The van der Waals surface area contributed by atoms with Crippen LogP contribution in [0.15, 0.2) is 85.1 Å². The number of hydrogen-bond acceptors (Lipinski definition) is 4. The zero-order valence-corrected chi connectivity index (χ0v) is 29.1. The number of nitrogens with zero attached hydrogens (tertiary/aromatic N) is 2. The van der Waals surface area contributed by atoms with Crippen molar-refractivity contribution < 1.29 is 0 Å². The van der Waals surface area contributed by atoms with Crippen LogP contribution in [0.25, 0.3) is 23.2 Å². The van der Waals surface area contributed by atoms with Crippen LogP contribution >= 0.6 is 0 Å². The third kappa shape index (κ3) is 7.71. The van der Waals surface area contributed by atoms with Gasteiger partial charge in [-0.3, -0.25) is 4.90 Å². The smallest absolute Gasteiger partial charge is 0.176 e. The number of H-pyrrole nitrogens is 1. The van der Waals surface area contributed by atoms with Crippen LogP contribution in [-0.4, -0.2) is 61.3 Å². The molecule has 6 heteroatoms. The third-order valence-corrected chi connectivity index (χ3v) is 11.0. The molecule has 4 aromatic rings. The lowest BCUT2D eigenvalue weighted by Gasteiger charge is -2.32. The number of fused-ring (bicyclic) bond motifs is 1. The predicted molar refractivity (Wildman–Crippen MR) is 205 cm³/mol. The quantitative estimate of drug-likeness (QED) is 0.151. The van der Waals surface area contributed by atoms with E-state index in [-0.39, 0.29) is 0 Å². The Morgan fingerprint density at radius 2 is 1.64 bits per heavy atom. The number of likely N-dealkylation sites (N-methyl/N-ethyl adjacent to an activating group) is 1. The van der Waals surface area contributed by atoms with Crippen LogP contribution in [0.1, 0.15) is 45.6 Å². The molecule has 0 saturated carbocycles. The average Bonchev–Trinajstić information content (AvgIpc) is 3.65. The number of anilines is 2. The Kier molecular flexibility index (Phi) is 10.6. The number of benzene rings is 3. The minimum absolute atomic E-state index is 0.635. The first-order valence-corrected chi connectivity index (χ1v) is 18.0. The molecule has 2 aliphatic rings. The average molecular weight is 628 g/mol. The molecule has 2 aliphatic heterocycles. The van der Waals surface area contributed by atoms with E-state index in [1.807, 2.05) is 0 Å². The van der Waals surface area contributed by atoms with Gasteiger partial charge >= 0.3 is 0 Å².